The predicted octanol–water partition coefficient (Wildman–Crippen LogP) is 2.12. The molecular formula is C18H19F2N5O4. The van der Waals surface area contributed by atoms with E-state index in [-0.39, 0.29) is 31.8 Å². The summed E-state index contributed by atoms with van der Waals surface area (Å²) in [5.41, 5.74) is 0.957. The fourth-order valence-corrected chi connectivity index (χ4v) is 3.95. The molecule has 29 heavy (non-hydrogen) atoms. The number of alkyl halides is 2. The number of benzene rings is 1. The van der Waals surface area contributed by atoms with Gasteiger partial charge < -0.3 is 10.0 Å². The van der Waals surface area contributed by atoms with Gasteiger partial charge in [0.05, 0.1) is 18.0 Å². The predicted molar refractivity (Wildman–Crippen MR) is 98.1 cm³/mol. The summed E-state index contributed by atoms with van der Waals surface area (Å²) < 4.78 is 30.8. The van der Waals surface area contributed by atoms with Gasteiger partial charge in [0.1, 0.15) is 0 Å². The molecule has 0 saturated carbocycles. The van der Waals surface area contributed by atoms with Crippen LogP contribution in [-0.4, -0.2) is 63.4 Å². The molecule has 1 aromatic heterocycles. The molecule has 2 fully saturated rings. The number of carbonyl (C=O) groups excluding carboxylic acids is 2. The lowest BCUT2D eigenvalue weighted by molar-refractivity contribution is -0.120. The number of urea groups is 1. The number of hydrogen-bond donors (Lipinski definition) is 2. The van der Waals surface area contributed by atoms with E-state index < -0.39 is 30.5 Å². The third-order valence-corrected chi connectivity index (χ3v) is 5.44. The number of imide groups is 1. The van der Waals surface area contributed by atoms with Crippen molar-refractivity contribution in [1.29, 1.82) is 0 Å². The number of carbonyl (C=O) groups is 3. The van der Waals surface area contributed by atoms with Crippen LogP contribution in [0.5, 0.6) is 0 Å². The van der Waals surface area contributed by atoms with E-state index in [1.54, 1.807) is 25.2 Å². The number of anilines is 1. The SMILES string of the molecule is Cn1nc(N2CCC(=O)NC2=O)c2ccc(C3CCN(C(=O)O)CC3(F)F)cc21. The number of nitrogens with one attached hydrogen (secondary N) is 1. The van der Waals surface area contributed by atoms with E-state index in [4.69, 9.17) is 5.11 Å². The van der Waals surface area contributed by atoms with E-state index in [9.17, 15) is 23.2 Å². The minimum absolute atomic E-state index is 0.00611. The number of carboxylic acid groups (broad SMARTS) is 1. The second kappa shape index (κ2) is 6.68. The van der Waals surface area contributed by atoms with Gasteiger partial charge in [0.2, 0.25) is 5.91 Å². The Morgan fingerprint density at radius 2 is 2.07 bits per heavy atom. The average molecular weight is 407 g/mol. The van der Waals surface area contributed by atoms with Crippen LogP contribution in [-0.2, 0) is 11.8 Å². The summed E-state index contributed by atoms with van der Waals surface area (Å²) in [6.45, 7) is -0.625. The normalized spacial score (nSPS) is 22.1. The second-order valence-electron chi connectivity index (χ2n) is 7.29. The van der Waals surface area contributed by atoms with Crippen molar-refractivity contribution >= 4 is 34.8 Å². The van der Waals surface area contributed by atoms with Crippen molar-refractivity contribution in [2.75, 3.05) is 24.5 Å². The molecule has 0 aliphatic carbocycles. The van der Waals surface area contributed by atoms with Crippen LogP contribution < -0.4 is 10.2 Å². The van der Waals surface area contributed by atoms with E-state index in [1.807, 2.05) is 0 Å². The van der Waals surface area contributed by atoms with Crippen LogP contribution >= 0.6 is 0 Å². The molecule has 0 spiro atoms. The Hall–Kier alpha value is -3.24. The minimum atomic E-state index is -3.20. The van der Waals surface area contributed by atoms with Gasteiger partial charge in [-0.25, -0.2) is 18.4 Å². The van der Waals surface area contributed by atoms with E-state index in [1.165, 1.54) is 9.58 Å². The number of piperidine rings is 1. The summed E-state index contributed by atoms with van der Waals surface area (Å²) in [4.78, 5) is 36.6. The zero-order valence-electron chi connectivity index (χ0n) is 15.6. The van der Waals surface area contributed by atoms with Crippen molar-refractivity contribution in [1.82, 2.24) is 20.0 Å². The molecule has 9 nitrogen and oxygen atoms in total. The quantitative estimate of drug-likeness (QED) is 0.793. The fraction of sp³-hybridized carbons (Fsp3) is 0.444. The number of aromatic nitrogens is 2. The van der Waals surface area contributed by atoms with Crippen molar-refractivity contribution in [3.63, 3.8) is 0 Å². The summed E-state index contributed by atoms with van der Waals surface area (Å²) in [6.07, 6.45) is -1.20. The molecule has 4 rings (SSSR count). The first-order valence-corrected chi connectivity index (χ1v) is 9.11. The highest BCUT2D eigenvalue weighted by Crippen LogP contribution is 2.41. The zero-order valence-corrected chi connectivity index (χ0v) is 15.6. The molecule has 3 heterocycles. The zero-order chi connectivity index (χ0) is 20.9. The van der Waals surface area contributed by atoms with Gasteiger partial charge in [0, 0.05) is 31.9 Å². The van der Waals surface area contributed by atoms with Gasteiger partial charge in [-0.15, -0.1) is 0 Å². The van der Waals surface area contributed by atoms with Gasteiger partial charge in [-0.3, -0.25) is 19.7 Å². The Bertz CT molecular complexity index is 1020. The Morgan fingerprint density at radius 3 is 2.72 bits per heavy atom. The molecule has 1 atom stereocenters. The maximum absolute atomic E-state index is 14.6. The van der Waals surface area contributed by atoms with Gasteiger partial charge in [-0.1, -0.05) is 6.07 Å². The monoisotopic (exact) mass is 407 g/mol. The van der Waals surface area contributed by atoms with Crippen LogP contribution in [0, 0.1) is 0 Å². The summed E-state index contributed by atoms with van der Waals surface area (Å²) >= 11 is 0. The van der Waals surface area contributed by atoms with Gasteiger partial charge in [0.25, 0.3) is 5.92 Å². The number of rotatable bonds is 2. The smallest absolute Gasteiger partial charge is 0.407 e. The number of likely N-dealkylation sites (tertiary alicyclic amines) is 1. The number of fused-ring (bicyclic) bond motifs is 1. The highest BCUT2D eigenvalue weighted by atomic mass is 19.3. The molecule has 0 bridgehead atoms. The lowest BCUT2D eigenvalue weighted by Crippen LogP contribution is -2.49. The number of aryl methyl sites for hydroxylation is 1. The molecule has 4 amide bonds. The van der Waals surface area contributed by atoms with Crippen molar-refractivity contribution in [3.05, 3.63) is 23.8 Å². The Morgan fingerprint density at radius 1 is 1.31 bits per heavy atom. The topological polar surface area (TPSA) is 108 Å². The molecule has 154 valence electrons. The fourth-order valence-electron chi connectivity index (χ4n) is 3.95. The average Bonchev–Trinajstić information content (AvgIpc) is 2.97. The van der Waals surface area contributed by atoms with Crippen molar-refractivity contribution in [2.45, 2.75) is 24.7 Å². The number of halogens is 2. The van der Waals surface area contributed by atoms with Crippen molar-refractivity contribution in [2.24, 2.45) is 7.05 Å². The lowest BCUT2D eigenvalue weighted by Gasteiger charge is -2.37. The van der Waals surface area contributed by atoms with E-state index in [0.29, 0.717) is 22.3 Å². The van der Waals surface area contributed by atoms with E-state index >= 15 is 0 Å². The van der Waals surface area contributed by atoms with Gasteiger partial charge in [-0.05, 0) is 24.1 Å². The molecule has 2 aliphatic heterocycles. The van der Waals surface area contributed by atoms with Crippen LogP contribution in [0.25, 0.3) is 10.9 Å². The van der Waals surface area contributed by atoms with Crippen LogP contribution in [0.3, 0.4) is 0 Å². The van der Waals surface area contributed by atoms with Crippen LogP contribution in [0.1, 0.15) is 24.3 Å². The Labute approximate surface area is 163 Å². The summed E-state index contributed by atoms with van der Waals surface area (Å²) in [6, 6.07) is 4.23. The van der Waals surface area contributed by atoms with Crippen LogP contribution in [0.15, 0.2) is 18.2 Å². The third-order valence-electron chi connectivity index (χ3n) is 5.44. The highest BCUT2D eigenvalue weighted by molar-refractivity contribution is 6.08. The molecule has 1 aromatic carbocycles. The van der Waals surface area contributed by atoms with Crippen LogP contribution in [0.2, 0.25) is 0 Å². The third kappa shape index (κ3) is 3.26. The maximum atomic E-state index is 14.6. The highest BCUT2D eigenvalue weighted by Gasteiger charge is 2.46. The summed E-state index contributed by atoms with van der Waals surface area (Å²) in [7, 11) is 1.65. The van der Waals surface area contributed by atoms with Gasteiger partial charge in [-0.2, -0.15) is 5.10 Å². The van der Waals surface area contributed by atoms with Crippen LogP contribution in [0.4, 0.5) is 24.2 Å². The molecule has 1 unspecified atom stereocenters. The largest absolute Gasteiger partial charge is 0.465 e. The molecule has 0 radical (unpaired) electrons. The first-order chi connectivity index (χ1) is 13.7. The Balaban J connectivity index is 1.67. The number of nitrogens with zero attached hydrogens (tertiary/aromatic N) is 4. The van der Waals surface area contributed by atoms with Gasteiger partial charge >= 0.3 is 12.1 Å². The molecule has 2 aromatic rings. The first kappa shape index (κ1) is 19.1. The summed E-state index contributed by atoms with van der Waals surface area (Å²) in [5.74, 6) is -4.31. The first-order valence-electron chi connectivity index (χ1n) is 9.11. The number of amides is 4. The Kier molecular flexibility index (Phi) is 4.39. The van der Waals surface area contributed by atoms with E-state index in [2.05, 4.69) is 10.4 Å². The standard InChI is InChI=1S/C18H19F2N5O4/c1-23-13-8-10(12-4-6-24(17(28)29)9-18(12,19)20)2-3-11(13)15(22-23)25-7-5-14(26)21-16(25)27/h2-3,8,12H,4-7,9H2,1H3,(H,28,29)(H,21,26,27). The molecule has 2 saturated heterocycles. The lowest BCUT2D eigenvalue weighted by atomic mass is 9.86. The van der Waals surface area contributed by atoms with E-state index in [0.717, 1.165) is 4.90 Å². The number of hydrogen-bond acceptors (Lipinski definition) is 4. The second-order valence-corrected chi connectivity index (χ2v) is 7.29. The molecule has 2 N–H and O–H groups in total. The van der Waals surface area contributed by atoms with Gasteiger partial charge in [0.15, 0.2) is 5.82 Å². The minimum Gasteiger partial charge on any atom is -0.465 e. The van der Waals surface area contributed by atoms with Crippen molar-refractivity contribution in [3.8, 4) is 0 Å². The molecule has 2 aliphatic rings. The van der Waals surface area contributed by atoms with Crippen molar-refractivity contribution < 1.29 is 28.3 Å². The maximum Gasteiger partial charge on any atom is 0.407 e. The molecular weight excluding hydrogens is 388 g/mol. The molecule has 11 heteroatoms. The summed E-state index contributed by atoms with van der Waals surface area (Å²) in [5, 5.41) is 16.2.